The number of pyridine rings is 1. The molecule has 1 aliphatic rings. The standard InChI is InChI=1S/C32H36N6O6.CH4/c1-32(2,33)30(40)34-26(21-42-19-22-10-5-3-6-11-22)28-36-35-27-15-9-14-24(38(27)28)20-43-31(41)37-17-16-25(18-37)44-29(39)23-12-7-4-8-13-23;/h3-15,25-26H,16-21,33H2,1-2H3,(H,34,40);1H4/t25-,26+;/m0./s1. The second kappa shape index (κ2) is 14.8. The van der Waals surface area contributed by atoms with Gasteiger partial charge in [-0.25, -0.2) is 9.59 Å². The zero-order valence-electron chi connectivity index (χ0n) is 24.7. The third kappa shape index (κ3) is 8.43. The average Bonchev–Trinajstić information content (AvgIpc) is 3.68. The highest BCUT2D eigenvalue weighted by atomic mass is 16.6. The van der Waals surface area contributed by atoms with Crippen molar-refractivity contribution < 1.29 is 28.6 Å². The number of fused-ring (bicyclic) bond motifs is 1. The minimum atomic E-state index is -1.14. The molecule has 2 aromatic carbocycles. The summed E-state index contributed by atoms with van der Waals surface area (Å²) < 4.78 is 19.0. The summed E-state index contributed by atoms with van der Waals surface area (Å²) in [5, 5.41) is 11.6. The number of hydrogen-bond acceptors (Lipinski definition) is 9. The molecule has 12 nitrogen and oxygen atoms in total. The Morgan fingerprint density at radius 1 is 0.978 bits per heavy atom. The summed E-state index contributed by atoms with van der Waals surface area (Å²) in [7, 11) is 0. The first-order valence-corrected chi connectivity index (χ1v) is 14.4. The molecule has 12 heteroatoms. The van der Waals surface area contributed by atoms with E-state index in [2.05, 4.69) is 15.5 Å². The van der Waals surface area contributed by atoms with Gasteiger partial charge in [0.2, 0.25) is 5.91 Å². The summed E-state index contributed by atoms with van der Waals surface area (Å²) in [6.45, 7) is 4.21. The number of benzene rings is 2. The van der Waals surface area contributed by atoms with Crippen molar-refractivity contribution in [3.8, 4) is 0 Å². The molecule has 0 bridgehead atoms. The van der Waals surface area contributed by atoms with Crippen LogP contribution in [0.3, 0.4) is 0 Å². The summed E-state index contributed by atoms with van der Waals surface area (Å²) in [6, 6.07) is 23.1. The van der Waals surface area contributed by atoms with E-state index in [-0.39, 0.29) is 33.1 Å². The Morgan fingerprint density at radius 3 is 2.40 bits per heavy atom. The average molecular weight is 617 g/mol. The Balaban J connectivity index is 0.00000461. The lowest BCUT2D eigenvalue weighted by molar-refractivity contribution is -0.126. The van der Waals surface area contributed by atoms with Gasteiger partial charge in [0.05, 0.1) is 36.6 Å². The molecule has 0 unspecified atom stereocenters. The third-order valence-electron chi connectivity index (χ3n) is 7.16. The van der Waals surface area contributed by atoms with E-state index in [1.54, 1.807) is 60.7 Å². The number of nitrogens with two attached hydrogens (primary N) is 1. The number of ether oxygens (including phenoxy) is 3. The molecule has 3 N–H and O–H groups in total. The molecule has 4 aromatic rings. The number of hydrogen-bond donors (Lipinski definition) is 2. The van der Waals surface area contributed by atoms with E-state index >= 15 is 0 Å². The minimum absolute atomic E-state index is 0. The number of likely N-dealkylation sites (tertiary alicyclic amines) is 1. The van der Waals surface area contributed by atoms with Crippen molar-refractivity contribution in [1.29, 1.82) is 0 Å². The van der Waals surface area contributed by atoms with Crippen LogP contribution in [0.1, 0.15) is 61.2 Å². The van der Waals surface area contributed by atoms with Crippen LogP contribution in [0.15, 0.2) is 78.9 Å². The first-order valence-electron chi connectivity index (χ1n) is 14.4. The van der Waals surface area contributed by atoms with Gasteiger partial charge in [-0.1, -0.05) is 62.0 Å². The molecule has 1 aliphatic heterocycles. The largest absolute Gasteiger partial charge is 0.457 e. The van der Waals surface area contributed by atoms with Crippen LogP contribution in [0.4, 0.5) is 4.79 Å². The van der Waals surface area contributed by atoms with Gasteiger partial charge in [-0.15, -0.1) is 10.2 Å². The molecule has 45 heavy (non-hydrogen) atoms. The van der Waals surface area contributed by atoms with Crippen molar-refractivity contribution in [1.82, 2.24) is 24.8 Å². The van der Waals surface area contributed by atoms with E-state index in [4.69, 9.17) is 19.9 Å². The van der Waals surface area contributed by atoms with Gasteiger partial charge in [-0.3, -0.25) is 9.20 Å². The van der Waals surface area contributed by atoms with Crippen LogP contribution < -0.4 is 11.1 Å². The van der Waals surface area contributed by atoms with E-state index in [9.17, 15) is 14.4 Å². The van der Waals surface area contributed by atoms with Crippen LogP contribution in [0.25, 0.3) is 5.65 Å². The molecule has 0 radical (unpaired) electrons. The van der Waals surface area contributed by atoms with Gasteiger partial charge in [0, 0.05) is 13.0 Å². The normalized spacial score (nSPS) is 15.3. The Kier molecular flexibility index (Phi) is 10.9. The molecule has 0 saturated carbocycles. The lowest BCUT2D eigenvalue weighted by Gasteiger charge is -2.24. The smallest absolute Gasteiger partial charge is 0.410 e. The highest BCUT2D eigenvalue weighted by molar-refractivity contribution is 5.89. The van der Waals surface area contributed by atoms with Crippen molar-refractivity contribution in [3.05, 3.63) is 102 Å². The summed E-state index contributed by atoms with van der Waals surface area (Å²) in [6.07, 6.45) is -0.438. The predicted octanol–water partition coefficient (Wildman–Crippen LogP) is 4.04. The van der Waals surface area contributed by atoms with Crippen LogP contribution in [0.5, 0.6) is 0 Å². The highest BCUT2D eigenvalue weighted by Crippen LogP contribution is 2.20. The Labute approximate surface area is 262 Å². The maximum atomic E-state index is 13.0. The van der Waals surface area contributed by atoms with Gasteiger partial charge >= 0.3 is 12.1 Å². The van der Waals surface area contributed by atoms with E-state index < -0.39 is 29.7 Å². The molecule has 238 valence electrons. The number of nitrogens with zero attached hydrogens (tertiary/aromatic N) is 4. The van der Waals surface area contributed by atoms with Crippen molar-refractivity contribution >= 4 is 23.6 Å². The van der Waals surface area contributed by atoms with Gasteiger partial charge in [-0.2, -0.15) is 0 Å². The first kappa shape index (κ1) is 33.1. The van der Waals surface area contributed by atoms with Crippen molar-refractivity contribution in [2.24, 2.45) is 5.73 Å². The van der Waals surface area contributed by atoms with E-state index in [1.807, 2.05) is 36.4 Å². The fourth-order valence-electron chi connectivity index (χ4n) is 4.77. The molecular formula is C33H40N6O6. The Morgan fingerprint density at radius 2 is 1.69 bits per heavy atom. The maximum absolute atomic E-state index is 13.0. The number of carbonyl (C=O) groups excluding carboxylic acids is 3. The monoisotopic (exact) mass is 616 g/mol. The molecule has 1 saturated heterocycles. The molecule has 0 spiro atoms. The molecule has 5 rings (SSSR count). The topological polar surface area (TPSA) is 150 Å². The summed E-state index contributed by atoms with van der Waals surface area (Å²) in [5.41, 5.74) is 7.47. The first-order chi connectivity index (χ1) is 21.2. The number of esters is 1. The number of amides is 2. The molecule has 2 amide bonds. The predicted molar refractivity (Wildman–Crippen MR) is 167 cm³/mol. The van der Waals surface area contributed by atoms with Crippen molar-refractivity contribution in [3.63, 3.8) is 0 Å². The van der Waals surface area contributed by atoms with Gasteiger partial charge < -0.3 is 30.2 Å². The van der Waals surface area contributed by atoms with Gasteiger partial charge in [-0.05, 0) is 43.7 Å². The van der Waals surface area contributed by atoms with Crippen LogP contribution in [-0.2, 0) is 32.2 Å². The van der Waals surface area contributed by atoms with E-state index in [0.29, 0.717) is 42.3 Å². The Bertz CT molecular complexity index is 1590. The number of rotatable bonds is 11. The summed E-state index contributed by atoms with van der Waals surface area (Å²) >= 11 is 0. The summed E-state index contributed by atoms with van der Waals surface area (Å²) in [4.78, 5) is 39.8. The van der Waals surface area contributed by atoms with Crippen molar-refractivity contribution in [2.45, 2.75) is 58.6 Å². The van der Waals surface area contributed by atoms with Gasteiger partial charge in [0.25, 0.3) is 0 Å². The van der Waals surface area contributed by atoms with E-state index in [0.717, 1.165) is 5.56 Å². The van der Waals surface area contributed by atoms with Gasteiger partial charge in [0.1, 0.15) is 18.8 Å². The lowest BCUT2D eigenvalue weighted by Crippen LogP contribution is -2.51. The lowest BCUT2D eigenvalue weighted by atomic mass is 10.1. The fraction of sp³-hybridized carbons (Fsp3) is 0.364. The number of aromatic nitrogens is 3. The number of nitrogens with one attached hydrogen (secondary N) is 1. The zero-order chi connectivity index (χ0) is 31.1. The zero-order valence-corrected chi connectivity index (χ0v) is 24.7. The third-order valence-corrected chi connectivity index (χ3v) is 7.16. The van der Waals surface area contributed by atoms with Crippen LogP contribution in [0.2, 0.25) is 0 Å². The highest BCUT2D eigenvalue weighted by Gasteiger charge is 2.31. The second-order valence-corrected chi connectivity index (χ2v) is 11.2. The van der Waals surface area contributed by atoms with Crippen LogP contribution in [-0.4, -0.2) is 68.8 Å². The van der Waals surface area contributed by atoms with E-state index in [1.165, 1.54) is 4.90 Å². The second-order valence-electron chi connectivity index (χ2n) is 11.2. The van der Waals surface area contributed by atoms with Crippen molar-refractivity contribution in [2.75, 3.05) is 19.7 Å². The molecular weight excluding hydrogens is 576 g/mol. The van der Waals surface area contributed by atoms with Crippen LogP contribution >= 0.6 is 0 Å². The SMILES string of the molecule is C.CC(C)(N)C(=O)N[C@H](COCc1ccccc1)c1nnc2cccc(COC(=O)N3CC[C@H](OC(=O)c4ccccc4)C3)n12. The quantitative estimate of drug-likeness (QED) is 0.238. The van der Waals surface area contributed by atoms with Gasteiger partial charge in [0.15, 0.2) is 11.5 Å². The molecule has 2 atom stereocenters. The fourth-order valence-corrected chi connectivity index (χ4v) is 4.77. The maximum Gasteiger partial charge on any atom is 0.410 e. The molecule has 1 fully saturated rings. The minimum Gasteiger partial charge on any atom is -0.457 e. The molecule has 2 aromatic heterocycles. The number of carbonyl (C=O) groups is 3. The Hall–Kier alpha value is -4.81. The molecule has 0 aliphatic carbocycles. The summed E-state index contributed by atoms with van der Waals surface area (Å²) in [5.74, 6) is -0.403. The molecule has 3 heterocycles. The van der Waals surface area contributed by atoms with Crippen LogP contribution in [0, 0.1) is 0 Å².